The van der Waals surface area contributed by atoms with Gasteiger partial charge in [0, 0.05) is 11.6 Å². The van der Waals surface area contributed by atoms with Crippen molar-refractivity contribution < 1.29 is 36.9 Å². The number of carbonyl (C=O) groups excluding carboxylic acids is 1. The van der Waals surface area contributed by atoms with Crippen LogP contribution in [0.4, 0.5) is 13.2 Å². The lowest BCUT2D eigenvalue weighted by Gasteiger charge is -2.21. The summed E-state index contributed by atoms with van der Waals surface area (Å²) in [5, 5.41) is 7.87. The second kappa shape index (κ2) is 16.1. The largest absolute Gasteiger partial charge is 0.494 e. The summed E-state index contributed by atoms with van der Waals surface area (Å²) in [6.45, 7) is 5.61. The van der Waals surface area contributed by atoms with E-state index in [4.69, 9.17) is 14.2 Å². The maximum atomic E-state index is 13.3. The highest BCUT2D eigenvalue weighted by atomic mass is 19.4. The van der Waals surface area contributed by atoms with Crippen molar-refractivity contribution in [3.8, 4) is 22.9 Å². The topological polar surface area (TPSA) is 79.8 Å². The first-order chi connectivity index (χ1) is 17.7. The van der Waals surface area contributed by atoms with Crippen molar-refractivity contribution in [2.45, 2.75) is 84.1 Å². The molecule has 10 heteroatoms. The van der Waals surface area contributed by atoms with Crippen molar-refractivity contribution in [3.05, 3.63) is 36.4 Å². The molecule has 2 atom stereocenters. The number of benzene rings is 1. The number of halogens is 3. The average Bonchev–Trinajstić information content (AvgIpc) is 2.88. The molecule has 0 amide bonds. The van der Waals surface area contributed by atoms with Crippen LogP contribution in [0.25, 0.3) is 11.3 Å². The monoisotopic (exact) mass is 526 g/mol. The Kier molecular flexibility index (Phi) is 13.2. The minimum Gasteiger partial charge on any atom is -0.494 e. The summed E-state index contributed by atoms with van der Waals surface area (Å²) in [4.78, 5) is 11.8. The predicted molar refractivity (Wildman–Crippen MR) is 133 cm³/mol. The molecule has 0 aliphatic carbocycles. The number of unbranched alkanes of at least 4 members (excludes halogenated alkanes) is 4. The van der Waals surface area contributed by atoms with Crippen LogP contribution in [0.15, 0.2) is 36.4 Å². The molecule has 1 aromatic heterocycles. The number of esters is 1. The van der Waals surface area contributed by atoms with E-state index in [0.717, 1.165) is 30.6 Å². The van der Waals surface area contributed by atoms with E-state index in [9.17, 15) is 18.0 Å². The summed E-state index contributed by atoms with van der Waals surface area (Å²) >= 11 is 0. The van der Waals surface area contributed by atoms with E-state index in [1.807, 2.05) is 38.1 Å². The van der Waals surface area contributed by atoms with Gasteiger partial charge in [0.15, 0.2) is 0 Å². The van der Waals surface area contributed by atoms with E-state index < -0.39 is 24.9 Å². The van der Waals surface area contributed by atoms with Crippen LogP contribution in [-0.4, -0.2) is 54.4 Å². The van der Waals surface area contributed by atoms with Gasteiger partial charge in [0.25, 0.3) is 0 Å². The van der Waals surface area contributed by atoms with Gasteiger partial charge >= 0.3 is 12.1 Å². The summed E-state index contributed by atoms with van der Waals surface area (Å²) < 4.78 is 60.7. The summed E-state index contributed by atoms with van der Waals surface area (Å²) in [6, 6.07) is 10.3. The molecular formula is C27H37F3N2O5. The molecule has 7 nitrogen and oxygen atoms in total. The Morgan fingerprint density at radius 1 is 0.919 bits per heavy atom. The van der Waals surface area contributed by atoms with Crippen molar-refractivity contribution >= 4 is 5.97 Å². The van der Waals surface area contributed by atoms with Crippen LogP contribution in [0.3, 0.4) is 0 Å². The normalized spacial score (nSPS) is 13.1. The van der Waals surface area contributed by atoms with Gasteiger partial charge < -0.3 is 18.9 Å². The van der Waals surface area contributed by atoms with E-state index in [-0.39, 0.29) is 25.0 Å². The Hall–Kier alpha value is -2.88. The van der Waals surface area contributed by atoms with Crippen LogP contribution in [-0.2, 0) is 14.3 Å². The maximum Gasteiger partial charge on any atom is 0.428 e. The van der Waals surface area contributed by atoms with Gasteiger partial charge in [-0.1, -0.05) is 39.5 Å². The summed E-state index contributed by atoms with van der Waals surface area (Å²) in [5.74, 6) is -0.372. The number of nitrogens with zero attached hydrogens (tertiary/aromatic N) is 2. The first kappa shape index (κ1) is 30.3. The van der Waals surface area contributed by atoms with Crippen molar-refractivity contribution in [3.63, 3.8) is 0 Å². The Labute approximate surface area is 216 Å². The zero-order valence-corrected chi connectivity index (χ0v) is 21.8. The van der Waals surface area contributed by atoms with Crippen LogP contribution in [0.5, 0.6) is 11.6 Å². The molecule has 1 aromatic carbocycles. The lowest BCUT2D eigenvalue weighted by Crippen LogP contribution is -2.39. The SMILES string of the molecule is CCCCCCCOc1ccc(-c2ccc(OCC(OC(=O)CCOC(C)CC)C(F)(F)F)nn2)cc1. The fourth-order valence-corrected chi connectivity index (χ4v) is 3.20. The van der Waals surface area contributed by atoms with Gasteiger partial charge in [-0.15, -0.1) is 10.2 Å². The third kappa shape index (κ3) is 11.8. The van der Waals surface area contributed by atoms with Gasteiger partial charge in [0.05, 0.1) is 31.4 Å². The minimum atomic E-state index is -4.79. The number of ether oxygens (including phenoxy) is 4. The van der Waals surface area contributed by atoms with Crippen molar-refractivity contribution in [1.29, 1.82) is 0 Å². The van der Waals surface area contributed by atoms with E-state index in [1.54, 1.807) is 6.07 Å². The first-order valence-electron chi connectivity index (χ1n) is 12.8. The lowest BCUT2D eigenvalue weighted by molar-refractivity contribution is -0.227. The quantitative estimate of drug-likeness (QED) is 0.171. The molecule has 0 saturated carbocycles. The Bertz CT molecular complexity index is 908. The Morgan fingerprint density at radius 3 is 2.27 bits per heavy atom. The number of rotatable bonds is 17. The molecule has 0 radical (unpaired) electrons. The lowest BCUT2D eigenvalue weighted by atomic mass is 10.1. The van der Waals surface area contributed by atoms with Crippen LogP contribution in [0, 0.1) is 0 Å². The highest BCUT2D eigenvalue weighted by Crippen LogP contribution is 2.25. The van der Waals surface area contributed by atoms with E-state index in [2.05, 4.69) is 21.9 Å². The molecule has 206 valence electrons. The molecule has 2 aromatic rings. The minimum absolute atomic E-state index is 0.0155. The summed E-state index contributed by atoms with van der Waals surface area (Å²) in [5.41, 5.74) is 1.30. The molecule has 0 spiro atoms. The van der Waals surface area contributed by atoms with Crippen LogP contribution in [0.1, 0.15) is 65.7 Å². The molecule has 0 bridgehead atoms. The highest BCUT2D eigenvalue weighted by molar-refractivity contribution is 5.69. The second-order valence-electron chi connectivity index (χ2n) is 8.71. The smallest absolute Gasteiger partial charge is 0.428 e. The van der Waals surface area contributed by atoms with Gasteiger partial charge in [0.1, 0.15) is 12.4 Å². The standard InChI is InChI=1S/C27H37F3N2O5/c1-4-6-7-8-9-17-35-22-12-10-21(11-13-22)23-14-15-25(32-31-23)36-19-24(27(28,29)30)37-26(33)16-18-34-20(3)5-2/h10-15,20,24H,4-9,16-19H2,1-3H3. The van der Waals surface area contributed by atoms with Gasteiger partial charge in [0.2, 0.25) is 12.0 Å². The van der Waals surface area contributed by atoms with Crippen molar-refractivity contribution in [1.82, 2.24) is 10.2 Å². The third-order valence-corrected chi connectivity index (χ3v) is 5.61. The molecule has 0 aliphatic heterocycles. The molecule has 0 fully saturated rings. The van der Waals surface area contributed by atoms with Gasteiger partial charge in [-0.05, 0) is 50.1 Å². The Morgan fingerprint density at radius 2 is 1.65 bits per heavy atom. The predicted octanol–water partition coefficient (Wildman–Crippen LogP) is 6.55. The van der Waals surface area contributed by atoms with Gasteiger partial charge in [-0.3, -0.25) is 4.79 Å². The maximum absolute atomic E-state index is 13.3. The zero-order valence-electron chi connectivity index (χ0n) is 21.8. The van der Waals surface area contributed by atoms with Crippen LogP contribution in [0.2, 0.25) is 0 Å². The van der Waals surface area contributed by atoms with Gasteiger partial charge in [-0.2, -0.15) is 13.2 Å². The van der Waals surface area contributed by atoms with Crippen molar-refractivity contribution in [2.75, 3.05) is 19.8 Å². The molecule has 37 heavy (non-hydrogen) atoms. The third-order valence-electron chi connectivity index (χ3n) is 5.61. The zero-order chi connectivity index (χ0) is 27.1. The number of alkyl halides is 3. The van der Waals surface area contributed by atoms with E-state index in [1.165, 1.54) is 25.3 Å². The molecular weight excluding hydrogens is 489 g/mol. The first-order valence-corrected chi connectivity index (χ1v) is 12.8. The molecule has 0 aliphatic rings. The number of carbonyl (C=O) groups is 1. The molecule has 2 rings (SSSR count). The average molecular weight is 527 g/mol. The van der Waals surface area contributed by atoms with Crippen molar-refractivity contribution in [2.24, 2.45) is 0 Å². The molecule has 2 unspecified atom stereocenters. The number of hydrogen-bond acceptors (Lipinski definition) is 7. The fraction of sp³-hybridized carbons (Fsp3) is 0.593. The number of hydrogen-bond donors (Lipinski definition) is 0. The van der Waals surface area contributed by atoms with E-state index >= 15 is 0 Å². The number of aromatic nitrogens is 2. The van der Waals surface area contributed by atoms with Crippen LogP contribution < -0.4 is 9.47 Å². The van der Waals surface area contributed by atoms with Gasteiger partial charge in [-0.25, -0.2) is 0 Å². The molecule has 0 saturated heterocycles. The van der Waals surface area contributed by atoms with Crippen LogP contribution >= 0.6 is 0 Å². The summed E-state index contributed by atoms with van der Waals surface area (Å²) in [7, 11) is 0. The van der Waals surface area contributed by atoms with E-state index in [0.29, 0.717) is 12.3 Å². The summed E-state index contributed by atoms with van der Waals surface area (Å²) in [6.07, 6.45) is -1.04. The molecule has 0 N–H and O–H groups in total. The Balaban J connectivity index is 1.83. The highest BCUT2D eigenvalue weighted by Gasteiger charge is 2.43. The fourth-order valence-electron chi connectivity index (χ4n) is 3.20. The second-order valence-corrected chi connectivity index (χ2v) is 8.71. The molecule has 1 heterocycles.